The molecule has 174 valence electrons. The van der Waals surface area contributed by atoms with E-state index in [9.17, 15) is 19.2 Å². The molecular formula is C20H12N2O8S4. The van der Waals surface area contributed by atoms with Crippen LogP contribution in [0.2, 0.25) is 0 Å². The van der Waals surface area contributed by atoms with Crippen molar-refractivity contribution in [3.05, 3.63) is 47.5 Å². The Morgan fingerprint density at radius 1 is 0.735 bits per heavy atom. The van der Waals surface area contributed by atoms with Gasteiger partial charge in [-0.3, -0.25) is 9.59 Å². The number of carboxylic acid groups (broad SMARTS) is 2. The smallest absolute Gasteiger partial charge is 0.335 e. The summed E-state index contributed by atoms with van der Waals surface area (Å²) in [5, 5.41) is 18.1. The number of fused-ring (bicyclic) bond motifs is 2. The van der Waals surface area contributed by atoms with Gasteiger partial charge in [0.25, 0.3) is 0 Å². The summed E-state index contributed by atoms with van der Waals surface area (Å²) in [7, 11) is 0. The molecule has 4 aromatic rings. The van der Waals surface area contributed by atoms with Gasteiger partial charge in [-0.1, -0.05) is 0 Å². The van der Waals surface area contributed by atoms with Gasteiger partial charge >= 0.3 is 23.9 Å². The van der Waals surface area contributed by atoms with Gasteiger partial charge in [-0.15, -0.1) is 22.7 Å². The van der Waals surface area contributed by atoms with E-state index in [4.69, 9.17) is 18.6 Å². The lowest BCUT2D eigenvalue weighted by molar-refractivity contribution is -0.139. The van der Waals surface area contributed by atoms with Gasteiger partial charge in [0, 0.05) is 0 Å². The molecule has 14 heteroatoms. The molecule has 4 rings (SSSR count). The second-order valence-electron chi connectivity index (χ2n) is 6.51. The molecule has 0 saturated heterocycles. The Hall–Kier alpha value is -3.20. The molecule has 0 fully saturated rings. The Morgan fingerprint density at radius 3 is 1.53 bits per heavy atom. The first kappa shape index (κ1) is 23.9. The molecule has 0 aliphatic heterocycles. The Bertz CT molecular complexity index is 1320. The van der Waals surface area contributed by atoms with Crippen LogP contribution < -0.4 is 0 Å². The fraction of sp³-hybridized carbons (Fsp3) is 0.100. The van der Waals surface area contributed by atoms with Crippen molar-refractivity contribution < 1.29 is 37.8 Å². The van der Waals surface area contributed by atoms with Crippen LogP contribution in [0.3, 0.4) is 0 Å². The van der Waals surface area contributed by atoms with Crippen molar-refractivity contribution in [3.8, 4) is 0 Å². The van der Waals surface area contributed by atoms with E-state index in [0.29, 0.717) is 19.7 Å². The van der Waals surface area contributed by atoms with Gasteiger partial charge in [0.2, 0.25) is 0 Å². The number of hydrogen-bond acceptors (Lipinski definition) is 12. The first-order chi connectivity index (χ1) is 16.3. The zero-order chi connectivity index (χ0) is 24.2. The first-order valence-electron chi connectivity index (χ1n) is 9.31. The number of hydrogen-bond donors (Lipinski definition) is 2. The summed E-state index contributed by atoms with van der Waals surface area (Å²) in [5.74, 6) is -3.40. The number of carboxylic acids is 2. The lowest BCUT2D eigenvalue weighted by atomic mass is 10.2. The first-order valence-corrected chi connectivity index (χ1v) is 12.4. The molecule has 10 nitrogen and oxygen atoms in total. The fourth-order valence-electron chi connectivity index (χ4n) is 2.60. The maximum absolute atomic E-state index is 11.9. The fourth-order valence-corrected chi connectivity index (χ4v) is 5.74. The predicted molar refractivity (Wildman–Crippen MR) is 126 cm³/mol. The zero-order valence-corrected chi connectivity index (χ0v) is 20.0. The van der Waals surface area contributed by atoms with E-state index in [-0.39, 0.29) is 24.0 Å². The second kappa shape index (κ2) is 10.4. The summed E-state index contributed by atoms with van der Waals surface area (Å²) in [6.07, 6.45) is -0.412. The van der Waals surface area contributed by atoms with E-state index in [1.807, 2.05) is 0 Å². The van der Waals surface area contributed by atoms with Crippen molar-refractivity contribution in [2.75, 3.05) is 0 Å². The number of rotatable bonds is 9. The molecule has 0 aliphatic rings. The Labute approximate surface area is 207 Å². The van der Waals surface area contributed by atoms with Gasteiger partial charge < -0.3 is 18.6 Å². The molecule has 0 spiro atoms. The number of aromatic carboxylic acids is 2. The van der Waals surface area contributed by atoms with E-state index in [1.54, 1.807) is 12.1 Å². The summed E-state index contributed by atoms with van der Waals surface area (Å²) in [5.41, 5.74) is 1.19. The van der Waals surface area contributed by atoms with Crippen molar-refractivity contribution in [1.82, 2.24) is 9.97 Å². The molecule has 0 atom stereocenters. The average molecular weight is 537 g/mol. The summed E-state index contributed by atoms with van der Waals surface area (Å²) in [4.78, 5) is 54.4. The molecular weight excluding hydrogens is 524 g/mol. The van der Waals surface area contributed by atoms with Crippen LogP contribution >= 0.6 is 46.8 Å². The van der Waals surface area contributed by atoms with Gasteiger partial charge in [-0.05, 0) is 36.4 Å². The maximum atomic E-state index is 11.9. The normalized spacial score (nSPS) is 10.9. The molecule has 2 aromatic heterocycles. The molecule has 2 aromatic carbocycles. The molecule has 0 amide bonds. The monoisotopic (exact) mass is 536 g/mol. The third-order valence-corrected chi connectivity index (χ3v) is 7.75. The topological polar surface area (TPSA) is 153 Å². The largest absolute Gasteiger partial charge is 0.478 e. The molecule has 0 aliphatic carbocycles. The average Bonchev–Trinajstić information content (AvgIpc) is 3.41. The van der Waals surface area contributed by atoms with Gasteiger partial charge in [0.15, 0.2) is 8.68 Å². The second-order valence-corrected chi connectivity index (χ2v) is 10.5. The van der Waals surface area contributed by atoms with Crippen molar-refractivity contribution in [2.45, 2.75) is 21.5 Å². The van der Waals surface area contributed by atoms with Crippen LogP contribution in [0.1, 0.15) is 33.6 Å². The Morgan fingerprint density at radius 2 is 1.15 bits per heavy atom. The highest BCUT2D eigenvalue weighted by molar-refractivity contribution is 7.97. The van der Waals surface area contributed by atoms with E-state index in [0.717, 1.165) is 33.5 Å². The van der Waals surface area contributed by atoms with E-state index in [1.165, 1.54) is 46.9 Å². The van der Waals surface area contributed by atoms with Crippen molar-refractivity contribution in [2.24, 2.45) is 0 Å². The third kappa shape index (κ3) is 5.83. The summed E-state index contributed by atoms with van der Waals surface area (Å²) < 4.78 is 12.5. The number of aromatic nitrogens is 2. The number of carbonyl (C=O) groups is 4. The summed E-state index contributed by atoms with van der Waals surface area (Å²) in [6, 6.07) is 9.07. The van der Waals surface area contributed by atoms with Gasteiger partial charge in [-0.25, -0.2) is 19.6 Å². The highest BCUT2D eigenvalue weighted by atomic mass is 32.2. The van der Waals surface area contributed by atoms with Crippen LogP contribution in [0.4, 0.5) is 0 Å². The Kier molecular flexibility index (Phi) is 7.31. The minimum Gasteiger partial charge on any atom is -0.478 e. The number of thiazole rings is 2. The van der Waals surface area contributed by atoms with E-state index in [2.05, 4.69) is 9.97 Å². The quantitative estimate of drug-likeness (QED) is 0.280. The zero-order valence-electron chi connectivity index (χ0n) is 16.7. The summed E-state index contributed by atoms with van der Waals surface area (Å²) in [6.45, 7) is 0. The molecule has 0 radical (unpaired) electrons. The standard InChI is InChI=1S/C20H12N2O8S4/c23-15(29-33-19-21-11-7-9(17(25)26)1-3-13(11)31-19)5-6-16(24)30-34-20-22-12-8-10(18(27)28)2-4-14(12)32-20/h1-4,7-8H,5-6H2,(H,25,26)(H,27,28). The SMILES string of the molecule is O=C(CCC(=O)OSc1nc2cc(C(=O)O)ccc2s1)OSc1nc2cc(C(=O)O)ccc2s1. The van der Waals surface area contributed by atoms with E-state index < -0.39 is 23.9 Å². The number of benzene rings is 2. The van der Waals surface area contributed by atoms with Crippen LogP contribution in [0.5, 0.6) is 0 Å². The van der Waals surface area contributed by atoms with Crippen LogP contribution in [0, 0.1) is 0 Å². The van der Waals surface area contributed by atoms with Gasteiger partial charge in [0.1, 0.15) is 24.1 Å². The van der Waals surface area contributed by atoms with Gasteiger partial charge in [0.05, 0.1) is 44.4 Å². The minimum absolute atomic E-state index is 0.110. The lowest BCUT2D eigenvalue weighted by Crippen LogP contribution is -2.05. The van der Waals surface area contributed by atoms with Crippen LogP contribution in [-0.2, 0) is 18.0 Å². The molecule has 2 N–H and O–H groups in total. The van der Waals surface area contributed by atoms with Crippen molar-refractivity contribution in [3.63, 3.8) is 0 Å². The van der Waals surface area contributed by atoms with Crippen LogP contribution in [0.25, 0.3) is 20.4 Å². The van der Waals surface area contributed by atoms with E-state index >= 15 is 0 Å². The highest BCUT2D eigenvalue weighted by Crippen LogP contribution is 2.32. The molecule has 2 heterocycles. The lowest BCUT2D eigenvalue weighted by Gasteiger charge is -2.01. The molecule has 0 unspecified atom stereocenters. The third-order valence-electron chi connectivity index (χ3n) is 4.17. The highest BCUT2D eigenvalue weighted by Gasteiger charge is 2.15. The molecule has 0 saturated carbocycles. The maximum Gasteiger partial charge on any atom is 0.335 e. The Balaban J connectivity index is 1.23. The minimum atomic E-state index is -1.06. The van der Waals surface area contributed by atoms with Crippen molar-refractivity contribution >= 4 is 91.1 Å². The number of nitrogens with zero attached hydrogens (tertiary/aromatic N) is 2. The van der Waals surface area contributed by atoms with Crippen LogP contribution in [-0.4, -0.2) is 44.1 Å². The van der Waals surface area contributed by atoms with Crippen molar-refractivity contribution in [1.29, 1.82) is 0 Å². The van der Waals surface area contributed by atoms with Crippen LogP contribution in [0.15, 0.2) is 45.1 Å². The summed E-state index contributed by atoms with van der Waals surface area (Å²) >= 11 is 3.96. The van der Waals surface area contributed by atoms with Gasteiger partial charge in [-0.2, -0.15) is 0 Å². The molecule has 34 heavy (non-hydrogen) atoms. The number of carbonyl (C=O) groups excluding carboxylic acids is 2. The predicted octanol–water partition coefficient (Wildman–Crippen LogP) is 4.88. The molecule has 0 bridgehead atoms.